The Morgan fingerprint density at radius 2 is 2.00 bits per heavy atom. The van der Waals surface area contributed by atoms with E-state index in [1.54, 1.807) is 20.3 Å². The van der Waals surface area contributed by atoms with E-state index in [0.29, 0.717) is 25.9 Å². The average molecular weight is 352 g/mol. The van der Waals surface area contributed by atoms with Gasteiger partial charge in [0.05, 0.1) is 13.4 Å². The number of fused-ring (bicyclic) bond motifs is 3. The summed E-state index contributed by atoms with van der Waals surface area (Å²) >= 11 is 0. The van der Waals surface area contributed by atoms with Crippen molar-refractivity contribution < 1.29 is 19.1 Å². The molecule has 1 aliphatic heterocycles. The third kappa shape index (κ3) is 3.36. The number of hydrogen-bond acceptors (Lipinski definition) is 4. The molecule has 4 heteroatoms. The number of allylic oxidation sites excluding steroid dienone is 1. The van der Waals surface area contributed by atoms with Crippen molar-refractivity contribution in [1.82, 2.24) is 0 Å². The highest BCUT2D eigenvalue weighted by molar-refractivity contribution is 6.03. The molecule has 0 radical (unpaired) electrons. The number of methoxy groups -OCH3 is 1. The Labute approximate surface area is 153 Å². The summed E-state index contributed by atoms with van der Waals surface area (Å²) in [4.78, 5) is 24.2. The van der Waals surface area contributed by atoms with Crippen LogP contribution in [-0.4, -0.2) is 18.7 Å². The lowest BCUT2D eigenvalue weighted by atomic mass is 9.81. The van der Waals surface area contributed by atoms with Crippen molar-refractivity contribution in [3.63, 3.8) is 0 Å². The number of ether oxygens (including phenoxy) is 2. The Kier molecular flexibility index (Phi) is 5.40. The number of rotatable bonds is 7. The third-order valence-electron chi connectivity index (χ3n) is 4.96. The summed E-state index contributed by atoms with van der Waals surface area (Å²) in [6, 6.07) is 10.0. The van der Waals surface area contributed by atoms with Gasteiger partial charge in [0.25, 0.3) is 0 Å². The molecule has 1 aliphatic rings. The topological polar surface area (TPSA) is 52.6 Å². The lowest BCUT2D eigenvalue weighted by Gasteiger charge is -2.26. The van der Waals surface area contributed by atoms with Crippen LogP contribution >= 0.6 is 0 Å². The second-order valence-electron chi connectivity index (χ2n) is 6.65. The van der Waals surface area contributed by atoms with Gasteiger partial charge in [0, 0.05) is 29.7 Å². The van der Waals surface area contributed by atoms with Crippen LogP contribution < -0.4 is 4.74 Å². The molecule has 1 unspecified atom stereocenters. The van der Waals surface area contributed by atoms with Crippen LogP contribution in [0.2, 0.25) is 0 Å². The molecule has 0 saturated heterocycles. The normalized spacial score (nSPS) is 14.2. The minimum atomic E-state index is -0.334. The molecule has 0 N–H and O–H groups in total. The molecule has 136 valence electrons. The van der Waals surface area contributed by atoms with E-state index >= 15 is 0 Å². The van der Waals surface area contributed by atoms with Crippen LogP contribution in [0, 0.1) is 5.92 Å². The Morgan fingerprint density at radius 1 is 1.19 bits per heavy atom. The van der Waals surface area contributed by atoms with Crippen molar-refractivity contribution in [2.45, 2.75) is 39.7 Å². The predicted octanol–water partition coefficient (Wildman–Crippen LogP) is 4.68. The highest BCUT2D eigenvalue weighted by Crippen LogP contribution is 2.40. The van der Waals surface area contributed by atoms with E-state index in [0.717, 1.165) is 33.2 Å². The fourth-order valence-electron chi connectivity index (χ4n) is 3.63. The molecule has 0 amide bonds. The van der Waals surface area contributed by atoms with Gasteiger partial charge < -0.3 is 14.3 Å². The van der Waals surface area contributed by atoms with Crippen molar-refractivity contribution in [3.8, 4) is 5.75 Å². The first-order valence-electron chi connectivity index (χ1n) is 8.99. The van der Waals surface area contributed by atoms with Crippen LogP contribution in [0.15, 0.2) is 36.6 Å². The van der Waals surface area contributed by atoms with Gasteiger partial charge in [-0.1, -0.05) is 31.2 Å². The molecule has 0 aromatic heterocycles. The Bertz CT molecular complexity index is 879. The van der Waals surface area contributed by atoms with Gasteiger partial charge in [-0.25, -0.2) is 0 Å². The second-order valence-corrected chi connectivity index (χ2v) is 6.65. The summed E-state index contributed by atoms with van der Waals surface area (Å²) < 4.78 is 11.2. The summed E-state index contributed by atoms with van der Waals surface area (Å²) in [5.41, 5.74) is 2.97. The molecule has 0 bridgehead atoms. The fourth-order valence-corrected chi connectivity index (χ4v) is 3.63. The van der Waals surface area contributed by atoms with Crippen molar-refractivity contribution in [3.05, 3.63) is 47.7 Å². The molecule has 0 aliphatic carbocycles. The zero-order valence-electron chi connectivity index (χ0n) is 15.5. The molecule has 2 aromatic rings. The Hall–Kier alpha value is -2.62. The van der Waals surface area contributed by atoms with Crippen molar-refractivity contribution >= 4 is 27.9 Å². The molecule has 1 atom stereocenters. The van der Waals surface area contributed by atoms with Crippen LogP contribution in [-0.2, 0) is 20.9 Å². The largest absolute Gasteiger partial charge is 0.496 e. The van der Waals surface area contributed by atoms with Crippen LogP contribution in [0.4, 0.5) is 0 Å². The summed E-state index contributed by atoms with van der Waals surface area (Å²) in [7, 11) is 1.66. The molecular formula is C22H24O4. The number of benzene rings is 2. The molecule has 2 aromatic carbocycles. The SMILES string of the molecule is CCC(=O)C(CCC(C)=O)C1=COCc2ccc3c(OC)cccc3c21. The van der Waals surface area contributed by atoms with Crippen LogP contribution in [0.3, 0.4) is 0 Å². The van der Waals surface area contributed by atoms with Gasteiger partial charge in [-0.15, -0.1) is 0 Å². The van der Waals surface area contributed by atoms with E-state index < -0.39 is 0 Å². The maximum absolute atomic E-state index is 12.7. The smallest absolute Gasteiger partial charge is 0.140 e. The summed E-state index contributed by atoms with van der Waals surface area (Å²) in [6.07, 6.45) is 3.04. The number of Topliss-reactive ketones (excluding diaryl/α,β-unsaturated/α-hetero) is 2. The molecule has 3 rings (SSSR count). The van der Waals surface area contributed by atoms with E-state index in [1.807, 2.05) is 37.3 Å². The Morgan fingerprint density at radius 3 is 2.69 bits per heavy atom. The minimum absolute atomic E-state index is 0.0936. The van der Waals surface area contributed by atoms with Gasteiger partial charge in [-0.3, -0.25) is 4.79 Å². The molecule has 4 nitrogen and oxygen atoms in total. The van der Waals surface area contributed by atoms with E-state index in [-0.39, 0.29) is 17.5 Å². The van der Waals surface area contributed by atoms with Crippen LogP contribution in [0.25, 0.3) is 16.3 Å². The molecule has 26 heavy (non-hydrogen) atoms. The van der Waals surface area contributed by atoms with Crippen molar-refractivity contribution in [1.29, 1.82) is 0 Å². The van der Waals surface area contributed by atoms with Gasteiger partial charge in [-0.2, -0.15) is 0 Å². The first kappa shape index (κ1) is 18.2. The first-order valence-corrected chi connectivity index (χ1v) is 8.99. The van der Waals surface area contributed by atoms with E-state index in [9.17, 15) is 9.59 Å². The van der Waals surface area contributed by atoms with Gasteiger partial charge in [0.1, 0.15) is 23.9 Å². The van der Waals surface area contributed by atoms with Gasteiger partial charge in [0.15, 0.2) is 0 Å². The average Bonchev–Trinajstić information content (AvgIpc) is 2.66. The maximum Gasteiger partial charge on any atom is 0.140 e. The summed E-state index contributed by atoms with van der Waals surface area (Å²) in [5.74, 6) is 0.697. The summed E-state index contributed by atoms with van der Waals surface area (Å²) in [6.45, 7) is 3.90. The standard InChI is InChI=1S/C22H24O4/c1-4-20(24)16(10-8-14(2)23)19-13-26-12-15-9-11-17-18(22(15)19)6-5-7-21(17)25-3/h5-7,9,11,13,16H,4,8,10,12H2,1-3H3. The predicted molar refractivity (Wildman–Crippen MR) is 102 cm³/mol. The third-order valence-corrected chi connectivity index (χ3v) is 4.96. The van der Waals surface area contributed by atoms with E-state index in [2.05, 4.69) is 0 Å². The zero-order valence-corrected chi connectivity index (χ0v) is 15.5. The number of carbonyl (C=O) groups excluding carboxylic acids is 2. The minimum Gasteiger partial charge on any atom is -0.496 e. The highest BCUT2D eigenvalue weighted by Gasteiger charge is 2.28. The number of carbonyl (C=O) groups is 2. The molecule has 0 saturated carbocycles. The first-order chi connectivity index (χ1) is 12.6. The van der Waals surface area contributed by atoms with Gasteiger partial charge >= 0.3 is 0 Å². The monoisotopic (exact) mass is 352 g/mol. The maximum atomic E-state index is 12.7. The molecule has 1 heterocycles. The van der Waals surface area contributed by atoms with Crippen molar-refractivity contribution in [2.24, 2.45) is 5.92 Å². The summed E-state index contributed by atoms with van der Waals surface area (Å²) in [5, 5.41) is 2.06. The number of ketones is 2. The lowest BCUT2D eigenvalue weighted by Crippen LogP contribution is -2.19. The van der Waals surface area contributed by atoms with Crippen LogP contribution in [0.5, 0.6) is 5.75 Å². The highest BCUT2D eigenvalue weighted by atomic mass is 16.5. The quantitative estimate of drug-likeness (QED) is 0.726. The van der Waals surface area contributed by atoms with Gasteiger partial charge in [-0.05, 0) is 35.9 Å². The van der Waals surface area contributed by atoms with Crippen LogP contribution in [0.1, 0.15) is 44.2 Å². The second kappa shape index (κ2) is 7.73. The van der Waals surface area contributed by atoms with E-state index in [1.165, 1.54) is 0 Å². The zero-order chi connectivity index (χ0) is 18.7. The van der Waals surface area contributed by atoms with E-state index in [4.69, 9.17) is 9.47 Å². The lowest BCUT2D eigenvalue weighted by molar-refractivity contribution is -0.121. The number of hydrogen-bond donors (Lipinski definition) is 0. The fraction of sp³-hybridized carbons (Fsp3) is 0.364. The molecular weight excluding hydrogens is 328 g/mol. The van der Waals surface area contributed by atoms with Gasteiger partial charge in [0.2, 0.25) is 0 Å². The molecule has 0 spiro atoms. The molecule has 0 fully saturated rings. The Balaban J connectivity index is 2.15. The van der Waals surface area contributed by atoms with Crippen molar-refractivity contribution in [2.75, 3.05) is 7.11 Å².